The van der Waals surface area contributed by atoms with Gasteiger partial charge in [-0.05, 0) is 43.4 Å². The lowest BCUT2D eigenvalue weighted by Gasteiger charge is -2.34. The fraction of sp³-hybridized carbons (Fsp3) is 0.476. The number of pyridine rings is 1. The third kappa shape index (κ3) is 4.43. The number of benzene rings is 1. The SMILES string of the molecule is Cc1nc2cc(F)ccc2cc1C(=O)OCC(=O)NC1CCCC(C)C1C. The Kier molecular flexibility index (Phi) is 5.73. The van der Waals surface area contributed by atoms with Crippen LogP contribution < -0.4 is 5.32 Å². The van der Waals surface area contributed by atoms with Crippen molar-refractivity contribution in [3.63, 3.8) is 0 Å². The molecule has 1 aromatic heterocycles. The van der Waals surface area contributed by atoms with Crippen LogP contribution in [0.4, 0.5) is 4.39 Å². The number of rotatable bonds is 4. The number of nitrogens with one attached hydrogen (secondary N) is 1. The van der Waals surface area contributed by atoms with E-state index in [0.717, 1.165) is 12.8 Å². The molecular weight excluding hydrogens is 347 g/mol. The largest absolute Gasteiger partial charge is 0.452 e. The Bertz CT molecular complexity index is 868. The van der Waals surface area contributed by atoms with Gasteiger partial charge in [0.25, 0.3) is 5.91 Å². The van der Waals surface area contributed by atoms with Gasteiger partial charge in [-0.2, -0.15) is 0 Å². The van der Waals surface area contributed by atoms with Crippen molar-refractivity contribution in [2.75, 3.05) is 6.61 Å². The zero-order chi connectivity index (χ0) is 19.6. The zero-order valence-electron chi connectivity index (χ0n) is 15.9. The third-order valence-corrected chi connectivity index (χ3v) is 5.58. The molecule has 0 radical (unpaired) electrons. The maximum absolute atomic E-state index is 13.3. The third-order valence-electron chi connectivity index (χ3n) is 5.58. The minimum atomic E-state index is -0.605. The normalized spacial score (nSPS) is 22.4. The monoisotopic (exact) mass is 372 g/mol. The van der Waals surface area contributed by atoms with Gasteiger partial charge in [-0.25, -0.2) is 9.18 Å². The number of aromatic nitrogens is 1. The van der Waals surface area contributed by atoms with Gasteiger partial charge in [0.2, 0.25) is 0 Å². The van der Waals surface area contributed by atoms with Gasteiger partial charge in [-0.1, -0.05) is 26.7 Å². The van der Waals surface area contributed by atoms with Crippen LogP contribution in [0, 0.1) is 24.6 Å². The van der Waals surface area contributed by atoms with Gasteiger partial charge >= 0.3 is 5.97 Å². The molecule has 0 bridgehead atoms. The Morgan fingerprint density at radius 1 is 1.26 bits per heavy atom. The summed E-state index contributed by atoms with van der Waals surface area (Å²) in [7, 11) is 0. The Balaban J connectivity index is 1.62. The van der Waals surface area contributed by atoms with Crippen LogP contribution in [0.1, 0.15) is 49.2 Å². The molecule has 144 valence electrons. The average molecular weight is 372 g/mol. The standard InChI is InChI=1S/C21H25FN2O3/c1-12-5-4-6-18(13(12)2)24-20(25)11-27-21(26)17-9-15-7-8-16(22)10-19(15)23-14(17)3/h7-10,12-13,18H,4-6,11H2,1-3H3,(H,24,25). The van der Waals surface area contributed by atoms with Gasteiger partial charge in [0, 0.05) is 17.5 Å². The number of aryl methyl sites for hydroxylation is 1. The van der Waals surface area contributed by atoms with Gasteiger partial charge in [0.1, 0.15) is 5.82 Å². The number of esters is 1. The van der Waals surface area contributed by atoms with Crippen LogP contribution in [0.15, 0.2) is 24.3 Å². The van der Waals surface area contributed by atoms with Crippen molar-refractivity contribution in [3.05, 3.63) is 41.3 Å². The first kappa shape index (κ1) is 19.3. The van der Waals surface area contributed by atoms with Gasteiger partial charge in [-0.15, -0.1) is 0 Å². The minimum Gasteiger partial charge on any atom is -0.452 e. The van der Waals surface area contributed by atoms with Crippen LogP contribution in [0.5, 0.6) is 0 Å². The van der Waals surface area contributed by atoms with E-state index in [1.165, 1.54) is 18.6 Å². The smallest absolute Gasteiger partial charge is 0.340 e. The molecule has 1 fully saturated rings. The number of hydrogen-bond acceptors (Lipinski definition) is 4. The zero-order valence-corrected chi connectivity index (χ0v) is 15.9. The van der Waals surface area contributed by atoms with Crippen molar-refractivity contribution >= 4 is 22.8 Å². The highest BCUT2D eigenvalue weighted by atomic mass is 19.1. The van der Waals surface area contributed by atoms with Crippen LogP contribution in [0.3, 0.4) is 0 Å². The summed E-state index contributed by atoms with van der Waals surface area (Å²) in [6.45, 7) is 5.68. The van der Waals surface area contributed by atoms with Crippen LogP contribution in [-0.2, 0) is 9.53 Å². The predicted octanol–water partition coefficient (Wildman–Crippen LogP) is 3.78. The summed E-state index contributed by atoms with van der Waals surface area (Å²) in [4.78, 5) is 28.8. The number of fused-ring (bicyclic) bond motifs is 1. The van der Waals surface area contributed by atoms with Crippen LogP contribution >= 0.6 is 0 Å². The summed E-state index contributed by atoms with van der Waals surface area (Å²) < 4.78 is 18.5. The fourth-order valence-corrected chi connectivity index (χ4v) is 3.69. The predicted molar refractivity (Wildman–Crippen MR) is 101 cm³/mol. The molecule has 3 rings (SSSR count). The van der Waals surface area contributed by atoms with Gasteiger partial charge in [0.05, 0.1) is 16.8 Å². The number of carbonyl (C=O) groups excluding carboxylic acids is 2. The van der Waals surface area contributed by atoms with Crippen molar-refractivity contribution in [3.8, 4) is 0 Å². The first-order valence-corrected chi connectivity index (χ1v) is 9.38. The molecule has 1 aliphatic carbocycles. The highest BCUT2D eigenvalue weighted by Crippen LogP contribution is 2.29. The molecule has 1 amide bonds. The molecule has 1 N–H and O–H groups in total. The molecule has 6 heteroatoms. The van der Waals surface area contributed by atoms with Crippen molar-refractivity contribution in [1.29, 1.82) is 0 Å². The Morgan fingerprint density at radius 3 is 2.81 bits per heavy atom. The van der Waals surface area contributed by atoms with Crippen molar-refractivity contribution in [1.82, 2.24) is 10.3 Å². The summed E-state index contributed by atoms with van der Waals surface area (Å²) in [6.07, 6.45) is 3.23. The second kappa shape index (κ2) is 8.03. The van der Waals surface area contributed by atoms with Crippen molar-refractivity contribution < 1.29 is 18.7 Å². The summed E-state index contributed by atoms with van der Waals surface area (Å²) in [5.74, 6) is -0.296. The first-order valence-electron chi connectivity index (χ1n) is 9.38. The number of halogens is 1. The van der Waals surface area contributed by atoms with E-state index in [1.807, 2.05) is 0 Å². The Labute approximate surface area is 158 Å². The van der Waals surface area contributed by atoms with Gasteiger partial charge in [0.15, 0.2) is 6.61 Å². The molecule has 1 aromatic carbocycles. The first-order chi connectivity index (χ1) is 12.8. The molecule has 1 aliphatic rings. The molecule has 0 aliphatic heterocycles. The minimum absolute atomic E-state index is 0.124. The highest BCUT2D eigenvalue weighted by Gasteiger charge is 2.28. The molecule has 0 spiro atoms. The van der Waals surface area contributed by atoms with E-state index in [2.05, 4.69) is 24.1 Å². The van der Waals surface area contributed by atoms with E-state index < -0.39 is 5.97 Å². The Hall–Kier alpha value is -2.50. The van der Waals surface area contributed by atoms with E-state index in [-0.39, 0.29) is 29.9 Å². The van der Waals surface area contributed by atoms with E-state index in [0.29, 0.717) is 28.4 Å². The van der Waals surface area contributed by atoms with Crippen LogP contribution in [0.25, 0.3) is 10.9 Å². The number of amides is 1. The molecule has 5 nitrogen and oxygen atoms in total. The van der Waals surface area contributed by atoms with Crippen molar-refractivity contribution in [2.24, 2.45) is 11.8 Å². The molecule has 27 heavy (non-hydrogen) atoms. The maximum Gasteiger partial charge on any atom is 0.340 e. The fourth-order valence-electron chi connectivity index (χ4n) is 3.69. The lowest BCUT2D eigenvalue weighted by molar-refractivity contribution is -0.125. The molecule has 1 heterocycles. The molecular formula is C21H25FN2O3. The molecule has 3 atom stereocenters. The Morgan fingerprint density at radius 2 is 2.04 bits per heavy atom. The maximum atomic E-state index is 13.3. The van der Waals surface area contributed by atoms with E-state index >= 15 is 0 Å². The quantitative estimate of drug-likeness (QED) is 0.830. The van der Waals surface area contributed by atoms with Gasteiger partial charge < -0.3 is 10.1 Å². The number of carbonyl (C=O) groups is 2. The second-order valence-electron chi connectivity index (χ2n) is 7.48. The second-order valence-corrected chi connectivity index (χ2v) is 7.48. The topological polar surface area (TPSA) is 68.3 Å². The number of nitrogens with zero attached hydrogens (tertiary/aromatic N) is 1. The lowest BCUT2D eigenvalue weighted by Crippen LogP contribution is -2.45. The van der Waals surface area contributed by atoms with E-state index in [9.17, 15) is 14.0 Å². The highest BCUT2D eigenvalue weighted by molar-refractivity contribution is 5.96. The van der Waals surface area contributed by atoms with E-state index in [1.54, 1.807) is 19.1 Å². The average Bonchev–Trinajstić information content (AvgIpc) is 2.63. The summed E-state index contributed by atoms with van der Waals surface area (Å²) in [5.41, 5.74) is 1.19. The summed E-state index contributed by atoms with van der Waals surface area (Å²) >= 11 is 0. The lowest BCUT2D eigenvalue weighted by atomic mass is 9.78. The summed E-state index contributed by atoms with van der Waals surface area (Å²) in [6, 6.07) is 5.93. The van der Waals surface area contributed by atoms with Crippen LogP contribution in [-0.4, -0.2) is 29.5 Å². The van der Waals surface area contributed by atoms with E-state index in [4.69, 9.17) is 4.74 Å². The molecule has 0 saturated heterocycles. The molecule has 3 unspecified atom stereocenters. The van der Waals surface area contributed by atoms with Crippen LogP contribution in [0.2, 0.25) is 0 Å². The van der Waals surface area contributed by atoms with Crippen molar-refractivity contribution in [2.45, 2.75) is 46.1 Å². The van der Waals surface area contributed by atoms with Gasteiger partial charge in [-0.3, -0.25) is 9.78 Å². The number of ether oxygens (including phenoxy) is 1. The molecule has 1 saturated carbocycles. The molecule has 2 aromatic rings. The number of hydrogen-bond donors (Lipinski definition) is 1. The summed E-state index contributed by atoms with van der Waals surface area (Å²) in [5, 5.41) is 3.62.